The van der Waals surface area contributed by atoms with Gasteiger partial charge in [0.2, 0.25) is 0 Å². The van der Waals surface area contributed by atoms with E-state index in [1.54, 1.807) is 17.2 Å². The molecular weight excluding hydrogens is 575 g/mol. The summed E-state index contributed by atoms with van der Waals surface area (Å²) in [5, 5.41) is 0. The summed E-state index contributed by atoms with van der Waals surface area (Å²) in [5.41, 5.74) is 16.5. The SMILES string of the molecule is Cc1cc(C)c(N2C(=C3CCCCC3P(C3CCCCC3)C3CCCCC3)N(c3c(C)cc(C)cc3C)C3CCCCC32)c(C)c1. The molecule has 250 valence electrons. The topological polar surface area (TPSA) is 6.48 Å². The molecule has 0 bridgehead atoms. The maximum Gasteiger partial charge on any atom is 0.113 e. The Kier molecular flexibility index (Phi) is 9.95. The Morgan fingerprint density at radius 1 is 0.478 bits per heavy atom. The molecule has 4 aliphatic carbocycles. The molecule has 3 atom stereocenters. The van der Waals surface area contributed by atoms with Gasteiger partial charge in [0.1, 0.15) is 5.82 Å². The number of nitrogens with zero attached hydrogens (tertiary/aromatic N) is 2. The van der Waals surface area contributed by atoms with Gasteiger partial charge in [-0.2, -0.15) is 0 Å². The van der Waals surface area contributed by atoms with E-state index < -0.39 is 0 Å². The van der Waals surface area contributed by atoms with Gasteiger partial charge in [0.05, 0.1) is 12.1 Å². The summed E-state index contributed by atoms with van der Waals surface area (Å²) in [6.07, 6.45) is 25.9. The molecule has 5 aliphatic rings. The summed E-state index contributed by atoms with van der Waals surface area (Å²) < 4.78 is 0. The molecule has 2 aromatic carbocycles. The van der Waals surface area contributed by atoms with Crippen molar-refractivity contribution in [2.24, 2.45) is 0 Å². The number of aryl methyl sites for hydroxylation is 6. The fourth-order valence-electron chi connectivity index (χ4n) is 11.2. The van der Waals surface area contributed by atoms with E-state index in [1.165, 1.54) is 149 Å². The average Bonchev–Trinajstić information content (AvgIpc) is 3.36. The van der Waals surface area contributed by atoms with Crippen molar-refractivity contribution in [1.82, 2.24) is 0 Å². The molecule has 1 aliphatic heterocycles. The van der Waals surface area contributed by atoms with Crippen LogP contribution in [-0.4, -0.2) is 29.1 Å². The molecule has 46 heavy (non-hydrogen) atoms. The molecule has 5 fully saturated rings. The molecule has 0 aromatic heterocycles. The number of allylic oxidation sites excluding steroid dienone is 1. The molecule has 0 amide bonds. The molecule has 3 unspecified atom stereocenters. The fraction of sp³-hybridized carbons (Fsp3) is 0.674. The Morgan fingerprint density at radius 2 is 0.870 bits per heavy atom. The van der Waals surface area contributed by atoms with Crippen molar-refractivity contribution in [3.8, 4) is 0 Å². The third kappa shape index (κ3) is 6.12. The minimum Gasteiger partial charge on any atom is -0.322 e. The number of hydrogen-bond acceptors (Lipinski definition) is 2. The Morgan fingerprint density at radius 3 is 1.30 bits per heavy atom. The fourth-order valence-corrected chi connectivity index (χ4v) is 15.9. The minimum absolute atomic E-state index is 0.0201. The summed E-state index contributed by atoms with van der Waals surface area (Å²) in [7, 11) is -0.0201. The minimum atomic E-state index is -0.0201. The second-order valence-corrected chi connectivity index (χ2v) is 19.3. The zero-order valence-electron chi connectivity index (χ0n) is 30.3. The van der Waals surface area contributed by atoms with Gasteiger partial charge in [-0.1, -0.05) is 101 Å². The van der Waals surface area contributed by atoms with Gasteiger partial charge in [-0.05, 0) is 138 Å². The predicted molar refractivity (Wildman–Crippen MR) is 202 cm³/mol. The van der Waals surface area contributed by atoms with E-state index in [4.69, 9.17) is 0 Å². The van der Waals surface area contributed by atoms with Crippen LogP contribution in [0, 0.1) is 41.5 Å². The van der Waals surface area contributed by atoms with Crippen LogP contribution in [0.1, 0.15) is 149 Å². The Hall–Kier alpha value is -1.79. The molecule has 1 heterocycles. The molecule has 4 saturated carbocycles. The normalized spacial score (nSPS) is 26.7. The van der Waals surface area contributed by atoms with Gasteiger partial charge in [-0.25, -0.2) is 0 Å². The monoisotopic (exact) mass is 638 g/mol. The standard InChI is InChI=1S/C43H63N2P/c1-29-25-31(3)41(32(4)26-29)44-38-22-14-15-23-39(38)45(42-33(5)27-30(2)28-34(42)6)43(44)37-21-13-16-24-40(37)46(35-17-9-7-10-18-35)36-19-11-8-12-20-36/h25-28,35-36,38-40H,7-24H2,1-6H3. The van der Waals surface area contributed by atoms with Crippen LogP contribution in [0.3, 0.4) is 0 Å². The molecule has 2 nitrogen and oxygen atoms in total. The molecule has 7 rings (SSSR count). The largest absolute Gasteiger partial charge is 0.322 e. The van der Waals surface area contributed by atoms with Crippen LogP contribution in [0.25, 0.3) is 0 Å². The summed E-state index contributed by atoms with van der Waals surface area (Å²) >= 11 is 0. The summed E-state index contributed by atoms with van der Waals surface area (Å²) in [6.45, 7) is 14.2. The lowest BCUT2D eigenvalue weighted by molar-refractivity contribution is 0.408. The van der Waals surface area contributed by atoms with E-state index in [2.05, 4.69) is 75.6 Å². The van der Waals surface area contributed by atoms with Crippen LogP contribution >= 0.6 is 7.92 Å². The maximum atomic E-state index is 3.01. The van der Waals surface area contributed by atoms with Gasteiger partial charge in [-0.3, -0.25) is 0 Å². The van der Waals surface area contributed by atoms with Crippen LogP contribution in [0.2, 0.25) is 0 Å². The van der Waals surface area contributed by atoms with E-state index in [-0.39, 0.29) is 7.92 Å². The van der Waals surface area contributed by atoms with Crippen LogP contribution in [0.4, 0.5) is 11.4 Å². The van der Waals surface area contributed by atoms with E-state index >= 15 is 0 Å². The maximum absolute atomic E-state index is 3.01. The first-order valence-corrected chi connectivity index (χ1v) is 21.1. The number of rotatable bonds is 5. The van der Waals surface area contributed by atoms with Gasteiger partial charge in [0.25, 0.3) is 0 Å². The van der Waals surface area contributed by atoms with Gasteiger partial charge >= 0.3 is 0 Å². The highest BCUT2D eigenvalue weighted by molar-refractivity contribution is 7.60. The third-order valence-electron chi connectivity index (χ3n) is 12.8. The smallest absolute Gasteiger partial charge is 0.113 e. The predicted octanol–water partition coefficient (Wildman–Crippen LogP) is 12.5. The third-order valence-corrected chi connectivity index (χ3v) is 16.8. The number of benzene rings is 2. The van der Waals surface area contributed by atoms with Crippen molar-refractivity contribution >= 4 is 19.3 Å². The first-order chi connectivity index (χ1) is 22.3. The van der Waals surface area contributed by atoms with Crippen LogP contribution < -0.4 is 9.80 Å². The van der Waals surface area contributed by atoms with Gasteiger partial charge in [0.15, 0.2) is 0 Å². The lowest BCUT2D eigenvalue weighted by Crippen LogP contribution is -2.40. The lowest BCUT2D eigenvalue weighted by atomic mass is 9.88. The quantitative estimate of drug-likeness (QED) is 0.301. The summed E-state index contributed by atoms with van der Waals surface area (Å²) in [6, 6.07) is 11.0. The van der Waals surface area contributed by atoms with E-state index in [1.807, 2.05) is 5.57 Å². The highest BCUT2D eigenvalue weighted by Gasteiger charge is 2.50. The highest BCUT2D eigenvalue weighted by Crippen LogP contribution is 2.64. The molecule has 0 radical (unpaired) electrons. The van der Waals surface area contributed by atoms with Crippen molar-refractivity contribution in [2.75, 3.05) is 9.80 Å². The summed E-state index contributed by atoms with van der Waals surface area (Å²) in [4.78, 5) is 6.02. The van der Waals surface area contributed by atoms with Crippen molar-refractivity contribution in [1.29, 1.82) is 0 Å². The molecular formula is C43H63N2P. The first kappa shape index (κ1) is 32.7. The zero-order valence-corrected chi connectivity index (χ0v) is 31.2. The molecule has 0 N–H and O–H groups in total. The first-order valence-electron chi connectivity index (χ1n) is 19.6. The van der Waals surface area contributed by atoms with Crippen molar-refractivity contribution < 1.29 is 0 Å². The molecule has 3 heteroatoms. The van der Waals surface area contributed by atoms with E-state index in [9.17, 15) is 0 Å². The zero-order chi connectivity index (χ0) is 31.9. The van der Waals surface area contributed by atoms with Crippen molar-refractivity contribution in [3.63, 3.8) is 0 Å². The van der Waals surface area contributed by atoms with Crippen LogP contribution in [0.15, 0.2) is 35.7 Å². The van der Waals surface area contributed by atoms with Gasteiger partial charge in [0, 0.05) is 17.0 Å². The van der Waals surface area contributed by atoms with Crippen LogP contribution in [-0.2, 0) is 0 Å². The van der Waals surface area contributed by atoms with Gasteiger partial charge in [-0.15, -0.1) is 0 Å². The van der Waals surface area contributed by atoms with Crippen LogP contribution in [0.5, 0.6) is 0 Å². The second-order valence-electron chi connectivity index (χ2n) is 16.3. The Bertz CT molecular complexity index is 1290. The Labute approximate surface area is 283 Å². The van der Waals surface area contributed by atoms with Crippen molar-refractivity contribution in [2.45, 2.75) is 186 Å². The van der Waals surface area contributed by atoms with E-state index in [0.717, 1.165) is 17.0 Å². The average molecular weight is 639 g/mol. The number of fused-ring (bicyclic) bond motifs is 1. The summed E-state index contributed by atoms with van der Waals surface area (Å²) in [5.74, 6) is 1.67. The highest BCUT2D eigenvalue weighted by atomic mass is 31.1. The Balaban J connectivity index is 1.48. The molecule has 1 saturated heterocycles. The number of anilines is 2. The van der Waals surface area contributed by atoms with Crippen molar-refractivity contribution in [3.05, 3.63) is 69.0 Å². The van der Waals surface area contributed by atoms with E-state index in [0.29, 0.717) is 12.1 Å². The van der Waals surface area contributed by atoms with Gasteiger partial charge < -0.3 is 9.80 Å². The second kappa shape index (κ2) is 14.0. The molecule has 0 spiro atoms. The number of hydrogen-bond donors (Lipinski definition) is 0. The molecule has 2 aromatic rings. The lowest BCUT2D eigenvalue weighted by Gasteiger charge is -2.47.